The fourth-order valence-electron chi connectivity index (χ4n) is 4.35. The number of Topliss-reactive ketones (excluding diaryl/α,β-unsaturated/α-hetero) is 1. The number of aliphatic hydroxyl groups is 1. The standard InChI is InChI=1S/C24H25N3O6/c1-11-10-17(26-33-11)27-20(15-8-7-9-16(31-5)23(15)32-6)19(22(29)24(27)30)21(28)18-12(2)13(3)25-14(18)4/h7-10,20,25,28H,1-6H3/b21-19+. The van der Waals surface area contributed by atoms with Gasteiger partial charge in [-0.2, -0.15) is 0 Å². The maximum absolute atomic E-state index is 13.3. The zero-order chi connectivity index (χ0) is 24.0. The van der Waals surface area contributed by atoms with Gasteiger partial charge in [-0.05, 0) is 39.3 Å². The highest BCUT2D eigenvalue weighted by molar-refractivity contribution is 6.51. The summed E-state index contributed by atoms with van der Waals surface area (Å²) >= 11 is 0. The number of benzene rings is 1. The minimum atomic E-state index is -1.02. The zero-order valence-corrected chi connectivity index (χ0v) is 19.3. The van der Waals surface area contributed by atoms with Crippen molar-refractivity contribution >= 4 is 23.3 Å². The summed E-state index contributed by atoms with van der Waals surface area (Å²) in [6.07, 6.45) is 0. The lowest BCUT2D eigenvalue weighted by molar-refractivity contribution is -0.132. The van der Waals surface area contributed by atoms with E-state index in [1.165, 1.54) is 19.1 Å². The molecule has 33 heavy (non-hydrogen) atoms. The van der Waals surface area contributed by atoms with Crippen LogP contribution in [0.25, 0.3) is 5.76 Å². The van der Waals surface area contributed by atoms with Gasteiger partial charge in [0.05, 0.1) is 19.8 Å². The number of anilines is 1. The summed E-state index contributed by atoms with van der Waals surface area (Å²) in [5.74, 6) is -0.560. The number of amides is 1. The normalized spacial score (nSPS) is 17.6. The number of ether oxygens (including phenoxy) is 2. The molecule has 4 rings (SSSR count). The Morgan fingerprint density at radius 3 is 2.39 bits per heavy atom. The number of methoxy groups -OCH3 is 2. The number of H-pyrrole nitrogens is 1. The molecule has 9 nitrogen and oxygen atoms in total. The molecule has 1 fully saturated rings. The molecule has 0 bridgehead atoms. The Kier molecular flexibility index (Phi) is 5.49. The van der Waals surface area contributed by atoms with Crippen LogP contribution in [0, 0.1) is 27.7 Å². The number of para-hydroxylation sites is 1. The molecule has 1 unspecified atom stereocenters. The molecule has 3 aromatic rings. The number of hydrogen-bond acceptors (Lipinski definition) is 7. The number of hydrogen-bond donors (Lipinski definition) is 2. The van der Waals surface area contributed by atoms with Crippen molar-refractivity contribution in [3.05, 3.63) is 63.7 Å². The molecular weight excluding hydrogens is 426 g/mol. The summed E-state index contributed by atoms with van der Waals surface area (Å²) in [6.45, 7) is 7.20. The van der Waals surface area contributed by atoms with Crippen LogP contribution in [0.4, 0.5) is 5.82 Å². The average molecular weight is 451 g/mol. The molecule has 0 spiro atoms. The van der Waals surface area contributed by atoms with Crippen molar-refractivity contribution in [1.82, 2.24) is 10.1 Å². The van der Waals surface area contributed by atoms with Crippen LogP contribution in [-0.2, 0) is 9.59 Å². The van der Waals surface area contributed by atoms with Crippen LogP contribution in [0.15, 0.2) is 34.4 Å². The predicted octanol–water partition coefficient (Wildman–Crippen LogP) is 3.88. The Balaban J connectivity index is 2.06. The van der Waals surface area contributed by atoms with E-state index in [0.717, 1.165) is 11.3 Å². The highest BCUT2D eigenvalue weighted by Gasteiger charge is 2.49. The third-order valence-corrected chi connectivity index (χ3v) is 5.96. The third kappa shape index (κ3) is 3.36. The first-order valence-electron chi connectivity index (χ1n) is 10.3. The molecule has 0 saturated carbocycles. The monoisotopic (exact) mass is 451 g/mol. The van der Waals surface area contributed by atoms with Crippen LogP contribution in [0.3, 0.4) is 0 Å². The van der Waals surface area contributed by atoms with Gasteiger partial charge in [-0.3, -0.25) is 14.5 Å². The van der Waals surface area contributed by atoms with Gasteiger partial charge in [-0.25, -0.2) is 0 Å². The number of carbonyl (C=O) groups is 2. The number of aromatic amines is 1. The quantitative estimate of drug-likeness (QED) is 0.343. The molecule has 1 amide bonds. The van der Waals surface area contributed by atoms with E-state index in [4.69, 9.17) is 14.0 Å². The molecule has 0 radical (unpaired) electrons. The van der Waals surface area contributed by atoms with Crippen LogP contribution in [0.1, 0.15) is 39.9 Å². The molecule has 0 aliphatic carbocycles. The number of ketones is 1. The second kappa shape index (κ2) is 8.16. The van der Waals surface area contributed by atoms with Gasteiger partial charge in [0, 0.05) is 28.6 Å². The Bertz CT molecular complexity index is 1300. The molecule has 1 atom stereocenters. The van der Waals surface area contributed by atoms with Gasteiger partial charge in [-0.15, -0.1) is 0 Å². The van der Waals surface area contributed by atoms with Crippen molar-refractivity contribution in [3.8, 4) is 11.5 Å². The number of nitrogens with zero attached hydrogens (tertiary/aromatic N) is 2. The lowest BCUT2D eigenvalue weighted by Gasteiger charge is -2.25. The van der Waals surface area contributed by atoms with Crippen molar-refractivity contribution in [2.45, 2.75) is 33.7 Å². The van der Waals surface area contributed by atoms with Crippen molar-refractivity contribution in [2.24, 2.45) is 0 Å². The Hall–Kier alpha value is -4.01. The third-order valence-electron chi connectivity index (χ3n) is 5.96. The van der Waals surface area contributed by atoms with Crippen molar-refractivity contribution in [2.75, 3.05) is 19.1 Å². The second-order valence-corrected chi connectivity index (χ2v) is 7.92. The van der Waals surface area contributed by atoms with E-state index in [2.05, 4.69) is 10.1 Å². The topological polar surface area (TPSA) is 118 Å². The fraction of sp³-hybridized carbons (Fsp3) is 0.292. The van der Waals surface area contributed by atoms with Gasteiger partial charge >= 0.3 is 5.91 Å². The van der Waals surface area contributed by atoms with Crippen molar-refractivity contribution in [1.29, 1.82) is 0 Å². The van der Waals surface area contributed by atoms with Crippen LogP contribution >= 0.6 is 0 Å². The lowest BCUT2D eigenvalue weighted by atomic mass is 9.93. The Labute approximate surface area is 190 Å². The van der Waals surface area contributed by atoms with Gasteiger partial charge < -0.3 is 24.1 Å². The number of aryl methyl sites for hydroxylation is 3. The Morgan fingerprint density at radius 2 is 1.85 bits per heavy atom. The average Bonchev–Trinajstić information content (AvgIpc) is 3.41. The van der Waals surface area contributed by atoms with E-state index in [1.54, 1.807) is 38.1 Å². The fourth-order valence-corrected chi connectivity index (χ4v) is 4.35. The zero-order valence-electron chi connectivity index (χ0n) is 19.3. The predicted molar refractivity (Wildman–Crippen MR) is 121 cm³/mol. The maximum Gasteiger partial charge on any atom is 0.301 e. The van der Waals surface area contributed by atoms with Gasteiger partial charge in [0.25, 0.3) is 5.78 Å². The number of nitrogens with one attached hydrogen (secondary N) is 1. The molecule has 1 saturated heterocycles. The van der Waals surface area contributed by atoms with Crippen LogP contribution in [0.2, 0.25) is 0 Å². The summed E-state index contributed by atoms with van der Waals surface area (Å²) in [4.78, 5) is 31.0. The molecule has 2 aromatic heterocycles. The largest absolute Gasteiger partial charge is 0.507 e. The Morgan fingerprint density at radius 1 is 1.12 bits per heavy atom. The van der Waals surface area contributed by atoms with Crippen molar-refractivity contribution < 1.29 is 28.7 Å². The lowest BCUT2D eigenvalue weighted by Crippen LogP contribution is -2.30. The van der Waals surface area contributed by atoms with E-state index >= 15 is 0 Å². The minimum absolute atomic E-state index is 0.0718. The number of aromatic nitrogens is 2. The molecule has 172 valence electrons. The minimum Gasteiger partial charge on any atom is -0.507 e. The van der Waals surface area contributed by atoms with Gasteiger partial charge in [-0.1, -0.05) is 17.3 Å². The SMILES string of the molecule is COc1cccc(C2/C(=C(\O)c3c(C)[nH]c(C)c3C)C(=O)C(=O)N2c2cc(C)on2)c1OC. The molecule has 3 heterocycles. The molecule has 2 N–H and O–H groups in total. The van der Waals surface area contributed by atoms with Crippen LogP contribution < -0.4 is 14.4 Å². The second-order valence-electron chi connectivity index (χ2n) is 7.92. The van der Waals surface area contributed by atoms with E-state index in [1.807, 2.05) is 13.8 Å². The summed E-state index contributed by atoms with van der Waals surface area (Å²) in [7, 11) is 2.96. The summed E-state index contributed by atoms with van der Waals surface area (Å²) in [5, 5.41) is 15.4. The summed E-state index contributed by atoms with van der Waals surface area (Å²) < 4.78 is 16.2. The van der Waals surface area contributed by atoms with E-state index < -0.39 is 17.7 Å². The molecule has 9 heteroatoms. The number of carbonyl (C=O) groups excluding carboxylic acids is 2. The van der Waals surface area contributed by atoms with Crippen LogP contribution in [-0.4, -0.2) is 41.2 Å². The summed E-state index contributed by atoms with van der Waals surface area (Å²) in [6, 6.07) is 5.68. The first-order valence-corrected chi connectivity index (χ1v) is 10.3. The van der Waals surface area contributed by atoms with E-state index in [0.29, 0.717) is 34.1 Å². The van der Waals surface area contributed by atoms with Gasteiger partial charge in [0.1, 0.15) is 17.6 Å². The van der Waals surface area contributed by atoms with E-state index in [9.17, 15) is 14.7 Å². The first-order chi connectivity index (χ1) is 15.7. The highest BCUT2D eigenvalue weighted by atomic mass is 16.5. The number of aliphatic hydroxyl groups excluding tert-OH is 1. The van der Waals surface area contributed by atoms with Gasteiger partial charge in [0.2, 0.25) is 0 Å². The van der Waals surface area contributed by atoms with Crippen LogP contribution in [0.5, 0.6) is 11.5 Å². The smallest absolute Gasteiger partial charge is 0.301 e. The first kappa shape index (κ1) is 22.2. The molecule has 1 aliphatic heterocycles. The van der Waals surface area contributed by atoms with Crippen molar-refractivity contribution in [3.63, 3.8) is 0 Å². The molecular formula is C24H25N3O6. The van der Waals surface area contributed by atoms with E-state index in [-0.39, 0.29) is 17.2 Å². The highest BCUT2D eigenvalue weighted by Crippen LogP contribution is 2.47. The number of rotatable bonds is 5. The summed E-state index contributed by atoms with van der Waals surface area (Å²) in [5.41, 5.74) is 3.19. The molecule has 1 aliphatic rings. The van der Waals surface area contributed by atoms with Gasteiger partial charge in [0.15, 0.2) is 17.3 Å². The molecule has 1 aromatic carbocycles. The maximum atomic E-state index is 13.3.